The second-order valence-corrected chi connectivity index (χ2v) is 7.86. The predicted octanol–water partition coefficient (Wildman–Crippen LogP) is 3.85. The molecule has 1 aromatic carbocycles. The van der Waals surface area contributed by atoms with Crippen LogP contribution in [0.4, 0.5) is 5.82 Å². The molecule has 1 aliphatic rings. The standard InChI is InChI=1S/C21H27N3O/c1-15(2)23-20(25)17-10-11-22-19(12-17)24-13-18(21(3,4)14-24)16-8-6-5-7-9-16/h5-12,15,18H,13-14H2,1-4H3,(H,23,25)/t18-/m0/s1. The van der Waals surface area contributed by atoms with Gasteiger partial charge < -0.3 is 10.2 Å². The summed E-state index contributed by atoms with van der Waals surface area (Å²) < 4.78 is 0. The van der Waals surface area contributed by atoms with Gasteiger partial charge in [0.2, 0.25) is 0 Å². The summed E-state index contributed by atoms with van der Waals surface area (Å²) in [6.45, 7) is 10.4. The zero-order chi connectivity index (χ0) is 18.0. The summed E-state index contributed by atoms with van der Waals surface area (Å²) in [6, 6.07) is 14.5. The molecule has 1 fully saturated rings. The summed E-state index contributed by atoms with van der Waals surface area (Å²) in [5.74, 6) is 1.28. The maximum atomic E-state index is 12.3. The van der Waals surface area contributed by atoms with Gasteiger partial charge in [-0.2, -0.15) is 0 Å². The molecule has 1 N–H and O–H groups in total. The molecule has 0 saturated carbocycles. The lowest BCUT2D eigenvalue weighted by atomic mass is 9.78. The number of amides is 1. The third kappa shape index (κ3) is 3.84. The first kappa shape index (κ1) is 17.5. The molecule has 3 rings (SSSR count). The number of aromatic nitrogens is 1. The first-order valence-electron chi connectivity index (χ1n) is 8.93. The van der Waals surface area contributed by atoms with Crippen LogP contribution in [0.2, 0.25) is 0 Å². The van der Waals surface area contributed by atoms with E-state index in [1.54, 1.807) is 12.3 Å². The van der Waals surface area contributed by atoms with Crippen LogP contribution in [0.25, 0.3) is 0 Å². The van der Waals surface area contributed by atoms with Crippen LogP contribution < -0.4 is 10.2 Å². The monoisotopic (exact) mass is 337 g/mol. The van der Waals surface area contributed by atoms with E-state index in [9.17, 15) is 4.79 Å². The maximum Gasteiger partial charge on any atom is 0.251 e. The Balaban J connectivity index is 1.82. The van der Waals surface area contributed by atoms with Crippen LogP contribution in [0.5, 0.6) is 0 Å². The highest BCUT2D eigenvalue weighted by atomic mass is 16.1. The van der Waals surface area contributed by atoms with Crippen LogP contribution in [-0.2, 0) is 0 Å². The molecule has 25 heavy (non-hydrogen) atoms. The molecule has 1 saturated heterocycles. The van der Waals surface area contributed by atoms with Crippen molar-refractivity contribution in [1.29, 1.82) is 0 Å². The normalized spacial score (nSPS) is 19.2. The Kier molecular flexibility index (Phi) is 4.80. The van der Waals surface area contributed by atoms with Gasteiger partial charge >= 0.3 is 0 Å². The second kappa shape index (κ2) is 6.87. The van der Waals surface area contributed by atoms with Gasteiger partial charge in [0.25, 0.3) is 5.91 Å². The Hall–Kier alpha value is -2.36. The zero-order valence-electron chi connectivity index (χ0n) is 15.5. The van der Waals surface area contributed by atoms with Crippen LogP contribution in [0.3, 0.4) is 0 Å². The van der Waals surface area contributed by atoms with E-state index in [0.29, 0.717) is 11.5 Å². The Morgan fingerprint density at radius 3 is 2.64 bits per heavy atom. The van der Waals surface area contributed by atoms with E-state index in [0.717, 1.165) is 18.9 Å². The fourth-order valence-corrected chi connectivity index (χ4v) is 3.63. The molecule has 4 heteroatoms. The maximum absolute atomic E-state index is 12.3. The molecule has 132 valence electrons. The summed E-state index contributed by atoms with van der Waals surface area (Å²) in [5, 5.41) is 2.94. The van der Waals surface area contributed by atoms with Crippen LogP contribution in [0, 0.1) is 5.41 Å². The molecule has 1 amide bonds. The minimum Gasteiger partial charge on any atom is -0.355 e. The fraction of sp³-hybridized carbons (Fsp3) is 0.429. The van der Waals surface area contributed by atoms with Crippen molar-refractivity contribution in [2.24, 2.45) is 5.41 Å². The van der Waals surface area contributed by atoms with Gasteiger partial charge in [0.1, 0.15) is 5.82 Å². The number of benzene rings is 1. The number of nitrogens with zero attached hydrogens (tertiary/aromatic N) is 2. The predicted molar refractivity (Wildman–Crippen MR) is 102 cm³/mol. The molecule has 0 bridgehead atoms. The van der Waals surface area contributed by atoms with Crippen LogP contribution in [0.1, 0.15) is 49.5 Å². The molecule has 4 nitrogen and oxygen atoms in total. The lowest BCUT2D eigenvalue weighted by Crippen LogP contribution is -2.30. The molecular weight excluding hydrogens is 310 g/mol. The van der Waals surface area contributed by atoms with Crippen LogP contribution in [-0.4, -0.2) is 30.0 Å². The van der Waals surface area contributed by atoms with Crippen molar-refractivity contribution in [3.8, 4) is 0 Å². The third-order valence-corrected chi connectivity index (χ3v) is 4.90. The molecule has 1 aliphatic heterocycles. The van der Waals surface area contributed by atoms with E-state index in [-0.39, 0.29) is 17.4 Å². The van der Waals surface area contributed by atoms with Gasteiger partial charge in [-0.1, -0.05) is 44.2 Å². The number of nitrogens with one attached hydrogen (secondary N) is 1. The highest BCUT2D eigenvalue weighted by Crippen LogP contribution is 2.43. The van der Waals surface area contributed by atoms with Gasteiger partial charge in [-0.25, -0.2) is 4.98 Å². The van der Waals surface area contributed by atoms with Crippen molar-refractivity contribution in [1.82, 2.24) is 10.3 Å². The highest BCUT2D eigenvalue weighted by Gasteiger charge is 2.40. The number of pyridine rings is 1. The first-order chi connectivity index (χ1) is 11.9. The molecule has 0 spiro atoms. The van der Waals surface area contributed by atoms with Crippen molar-refractivity contribution < 1.29 is 4.79 Å². The quantitative estimate of drug-likeness (QED) is 0.922. The van der Waals surface area contributed by atoms with Crippen LogP contribution in [0.15, 0.2) is 48.7 Å². The van der Waals surface area contributed by atoms with Gasteiger partial charge in [0, 0.05) is 36.8 Å². The summed E-state index contributed by atoms with van der Waals surface area (Å²) in [5.41, 5.74) is 2.18. The number of carbonyl (C=O) groups excluding carboxylic acids is 1. The summed E-state index contributed by atoms with van der Waals surface area (Å²) in [7, 11) is 0. The zero-order valence-corrected chi connectivity index (χ0v) is 15.5. The molecule has 0 unspecified atom stereocenters. The van der Waals surface area contributed by atoms with E-state index < -0.39 is 0 Å². The van der Waals surface area contributed by atoms with E-state index in [4.69, 9.17) is 0 Å². The number of hydrogen-bond acceptors (Lipinski definition) is 3. The molecule has 0 aliphatic carbocycles. The van der Waals surface area contributed by atoms with Gasteiger partial charge in [-0.05, 0) is 37.0 Å². The van der Waals surface area contributed by atoms with E-state index in [1.807, 2.05) is 19.9 Å². The Bertz CT molecular complexity index is 740. The molecule has 1 aromatic heterocycles. The first-order valence-corrected chi connectivity index (χ1v) is 8.93. The van der Waals surface area contributed by atoms with Crippen molar-refractivity contribution in [3.63, 3.8) is 0 Å². The number of carbonyl (C=O) groups is 1. The summed E-state index contributed by atoms with van der Waals surface area (Å²) in [4.78, 5) is 19.1. The van der Waals surface area contributed by atoms with Gasteiger partial charge in [0.15, 0.2) is 0 Å². The van der Waals surface area contributed by atoms with Crippen molar-refractivity contribution in [2.45, 2.75) is 39.7 Å². The minimum atomic E-state index is -0.0447. The van der Waals surface area contributed by atoms with E-state index in [2.05, 4.69) is 59.4 Å². The van der Waals surface area contributed by atoms with Crippen molar-refractivity contribution in [3.05, 3.63) is 59.8 Å². The van der Waals surface area contributed by atoms with Gasteiger partial charge in [-0.15, -0.1) is 0 Å². The molecule has 2 heterocycles. The average Bonchev–Trinajstić information content (AvgIpc) is 2.91. The smallest absolute Gasteiger partial charge is 0.251 e. The summed E-state index contributed by atoms with van der Waals surface area (Å²) >= 11 is 0. The number of rotatable bonds is 4. The second-order valence-electron chi connectivity index (χ2n) is 7.86. The van der Waals surface area contributed by atoms with Crippen LogP contribution >= 0.6 is 0 Å². The SMILES string of the molecule is CC(C)NC(=O)c1ccnc(N2C[C@@H](c3ccccc3)C(C)(C)C2)c1. The largest absolute Gasteiger partial charge is 0.355 e. The number of anilines is 1. The molecule has 0 radical (unpaired) electrons. The third-order valence-electron chi connectivity index (χ3n) is 4.90. The van der Waals surface area contributed by atoms with Crippen molar-refractivity contribution in [2.75, 3.05) is 18.0 Å². The molecule has 1 atom stereocenters. The minimum absolute atomic E-state index is 0.0447. The number of hydrogen-bond donors (Lipinski definition) is 1. The van der Waals surface area contributed by atoms with E-state index >= 15 is 0 Å². The van der Waals surface area contributed by atoms with Crippen molar-refractivity contribution >= 4 is 11.7 Å². The Morgan fingerprint density at radius 1 is 1.24 bits per heavy atom. The Morgan fingerprint density at radius 2 is 1.96 bits per heavy atom. The van der Waals surface area contributed by atoms with E-state index in [1.165, 1.54) is 5.56 Å². The molecular formula is C21H27N3O. The Labute approximate surface area is 150 Å². The lowest BCUT2D eigenvalue weighted by molar-refractivity contribution is 0.0943. The van der Waals surface area contributed by atoms with Gasteiger partial charge in [-0.3, -0.25) is 4.79 Å². The fourth-order valence-electron chi connectivity index (χ4n) is 3.63. The van der Waals surface area contributed by atoms with Gasteiger partial charge in [0.05, 0.1) is 0 Å². The highest BCUT2D eigenvalue weighted by molar-refractivity contribution is 5.95. The summed E-state index contributed by atoms with van der Waals surface area (Å²) in [6.07, 6.45) is 1.73. The molecule has 2 aromatic rings. The topological polar surface area (TPSA) is 45.2 Å². The lowest BCUT2D eigenvalue weighted by Gasteiger charge is -2.25. The average molecular weight is 337 g/mol.